The molecule has 23 heavy (non-hydrogen) atoms. The predicted octanol–water partition coefficient (Wildman–Crippen LogP) is 3.24. The van der Waals surface area contributed by atoms with Gasteiger partial charge in [-0.25, -0.2) is 4.79 Å². The van der Waals surface area contributed by atoms with Gasteiger partial charge in [-0.2, -0.15) is 0 Å². The minimum absolute atomic E-state index is 0.135. The standard InChI is InChI=1S/C18H27NO4/c1-21-15-12-8-7-11-14(15)19-16(13-9-5-4-6-10-13)17(22-2)18(20)23-3/h7-8,11-13,16-17,19H,4-6,9-10H2,1-3H3/t16-,17-/m1/s1. The number of benzene rings is 1. The van der Waals surface area contributed by atoms with Crippen molar-refractivity contribution >= 4 is 11.7 Å². The average molecular weight is 321 g/mol. The van der Waals surface area contributed by atoms with Crippen molar-refractivity contribution in [1.82, 2.24) is 0 Å². The maximum absolute atomic E-state index is 12.2. The summed E-state index contributed by atoms with van der Waals surface area (Å²) in [5.41, 5.74) is 0.872. The van der Waals surface area contributed by atoms with E-state index in [4.69, 9.17) is 14.2 Å². The van der Waals surface area contributed by atoms with Crippen LogP contribution >= 0.6 is 0 Å². The molecule has 2 atom stereocenters. The molecular formula is C18H27NO4. The van der Waals surface area contributed by atoms with Gasteiger partial charge in [-0.1, -0.05) is 31.4 Å². The molecule has 0 unspecified atom stereocenters. The Morgan fingerprint density at radius 1 is 1.13 bits per heavy atom. The third-order valence-corrected chi connectivity index (χ3v) is 4.60. The Morgan fingerprint density at radius 3 is 2.43 bits per heavy atom. The average Bonchev–Trinajstić information content (AvgIpc) is 2.62. The number of para-hydroxylation sites is 2. The van der Waals surface area contributed by atoms with Crippen LogP contribution in [0.3, 0.4) is 0 Å². The predicted molar refractivity (Wildman–Crippen MR) is 89.8 cm³/mol. The fourth-order valence-electron chi connectivity index (χ4n) is 3.38. The van der Waals surface area contributed by atoms with E-state index in [0.29, 0.717) is 5.92 Å². The van der Waals surface area contributed by atoms with E-state index in [9.17, 15) is 4.79 Å². The number of hydrogen-bond acceptors (Lipinski definition) is 5. The largest absolute Gasteiger partial charge is 0.495 e. The summed E-state index contributed by atoms with van der Waals surface area (Å²) in [5, 5.41) is 3.48. The van der Waals surface area contributed by atoms with Crippen LogP contribution in [-0.2, 0) is 14.3 Å². The Kier molecular flexibility index (Phi) is 6.71. The number of anilines is 1. The first kappa shape index (κ1) is 17.6. The lowest BCUT2D eigenvalue weighted by Crippen LogP contribution is -2.47. The fraction of sp³-hybridized carbons (Fsp3) is 0.611. The van der Waals surface area contributed by atoms with Crippen molar-refractivity contribution < 1.29 is 19.0 Å². The molecule has 0 aromatic heterocycles. The van der Waals surface area contributed by atoms with Gasteiger partial charge in [0, 0.05) is 7.11 Å². The molecule has 1 N–H and O–H groups in total. The van der Waals surface area contributed by atoms with Gasteiger partial charge in [0.1, 0.15) is 5.75 Å². The van der Waals surface area contributed by atoms with Crippen molar-refractivity contribution in [1.29, 1.82) is 0 Å². The highest BCUT2D eigenvalue weighted by Gasteiger charge is 2.36. The van der Waals surface area contributed by atoms with Gasteiger partial charge in [-0.3, -0.25) is 0 Å². The van der Waals surface area contributed by atoms with Crippen LogP contribution in [0, 0.1) is 5.92 Å². The Hall–Kier alpha value is -1.75. The third-order valence-electron chi connectivity index (χ3n) is 4.60. The van der Waals surface area contributed by atoms with E-state index in [1.54, 1.807) is 14.2 Å². The van der Waals surface area contributed by atoms with Gasteiger partial charge in [0.25, 0.3) is 0 Å². The van der Waals surface area contributed by atoms with Crippen LogP contribution in [0.5, 0.6) is 5.75 Å². The van der Waals surface area contributed by atoms with Gasteiger partial charge >= 0.3 is 5.97 Å². The molecule has 0 bridgehead atoms. The van der Waals surface area contributed by atoms with Crippen LogP contribution in [0.2, 0.25) is 0 Å². The second-order valence-corrected chi connectivity index (χ2v) is 5.95. The molecule has 1 aliphatic carbocycles. The molecule has 128 valence electrons. The van der Waals surface area contributed by atoms with E-state index in [-0.39, 0.29) is 12.0 Å². The lowest BCUT2D eigenvalue weighted by Gasteiger charge is -2.35. The second-order valence-electron chi connectivity index (χ2n) is 5.95. The van der Waals surface area contributed by atoms with Crippen molar-refractivity contribution in [2.75, 3.05) is 26.6 Å². The van der Waals surface area contributed by atoms with Crippen LogP contribution in [0.15, 0.2) is 24.3 Å². The first-order valence-electron chi connectivity index (χ1n) is 8.21. The Bertz CT molecular complexity index is 500. The monoisotopic (exact) mass is 321 g/mol. The van der Waals surface area contributed by atoms with Gasteiger partial charge in [-0.05, 0) is 30.9 Å². The quantitative estimate of drug-likeness (QED) is 0.781. The number of hydrogen-bond donors (Lipinski definition) is 1. The van der Waals surface area contributed by atoms with Gasteiger partial charge in [0.05, 0.1) is 25.9 Å². The van der Waals surface area contributed by atoms with Crippen molar-refractivity contribution in [2.45, 2.75) is 44.2 Å². The van der Waals surface area contributed by atoms with Gasteiger partial charge in [-0.15, -0.1) is 0 Å². The molecule has 2 rings (SSSR count). The third kappa shape index (κ3) is 4.38. The van der Waals surface area contributed by atoms with Crippen LogP contribution in [-0.4, -0.2) is 39.4 Å². The number of rotatable bonds is 7. The molecule has 0 heterocycles. The number of ether oxygens (including phenoxy) is 3. The summed E-state index contributed by atoms with van der Waals surface area (Å²) >= 11 is 0. The first-order valence-corrected chi connectivity index (χ1v) is 8.21. The molecule has 5 heteroatoms. The minimum Gasteiger partial charge on any atom is -0.495 e. The minimum atomic E-state index is -0.631. The highest BCUT2D eigenvalue weighted by atomic mass is 16.6. The maximum atomic E-state index is 12.2. The number of carbonyl (C=O) groups is 1. The summed E-state index contributed by atoms with van der Waals surface area (Å²) in [6.07, 6.45) is 5.17. The number of esters is 1. The van der Waals surface area contributed by atoms with Crippen LogP contribution in [0.25, 0.3) is 0 Å². The summed E-state index contributed by atoms with van der Waals surface area (Å²) in [6, 6.07) is 7.60. The van der Waals surface area contributed by atoms with E-state index in [0.717, 1.165) is 24.3 Å². The Balaban J connectivity index is 2.26. The fourth-order valence-corrected chi connectivity index (χ4v) is 3.38. The Labute approximate surface area is 138 Å². The van der Waals surface area contributed by atoms with Crippen molar-refractivity contribution in [2.24, 2.45) is 5.92 Å². The SMILES string of the molecule is COC(=O)[C@H](OC)[C@H](Nc1ccccc1OC)C1CCCCC1. The number of methoxy groups -OCH3 is 3. The lowest BCUT2D eigenvalue weighted by atomic mass is 9.81. The zero-order chi connectivity index (χ0) is 16.7. The van der Waals surface area contributed by atoms with Crippen molar-refractivity contribution in [3.63, 3.8) is 0 Å². The molecule has 1 aromatic rings. The van der Waals surface area contributed by atoms with Crippen LogP contribution in [0.1, 0.15) is 32.1 Å². The molecule has 0 aliphatic heterocycles. The first-order chi connectivity index (χ1) is 11.2. The second kappa shape index (κ2) is 8.77. The van der Waals surface area contributed by atoms with E-state index in [1.165, 1.54) is 26.4 Å². The van der Waals surface area contributed by atoms with Gasteiger partial charge < -0.3 is 19.5 Å². The topological polar surface area (TPSA) is 56.8 Å². The van der Waals surface area contributed by atoms with E-state index >= 15 is 0 Å². The zero-order valence-electron chi connectivity index (χ0n) is 14.2. The molecule has 0 spiro atoms. The number of nitrogens with one attached hydrogen (secondary N) is 1. The van der Waals surface area contributed by atoms with E-state index in [1.807, 2.05) is 24.3 Å². The van der Waals surface area contributed by atoms with Crippen LogP contribution < -0.4 is 10.1 Å². The molecule has 5 nitrogen and oxygen atoms in total. The van der Waals surface area contributed by atoms with Crippen LogP contribution in [0.4, 0.5) is 5.69 Å². The maximum Gasteiger partial charge on any atom is 0.337 e. The molecule has 0 saturated heterocycles. The molecule has 1 aromatic carbocycles. The van der Waals surface area contributed by atoms with Crippen molar-refractivity contribution in [3.8, 4) is 5.75 Å². The number of carbonyl (C=O) groups excluding carboxylic acids is 1. The zero-order valence-corrected chi connectivity index (χ0v) is 14.2. The molecule has 1 aliphatic rings. The summed E-state index contributed by atoms with van der Waals surface area (Å²) in [5.74, 6) is 0.788. The molecule has 0 amide bonds. The molecule has 1 saturated carbocycles. The van der Waals surface area contributed by atoms with Gasteiger partial charge in [0.2, 0.25) is 0 Å². The highest BCUT2D eigenvalue weighted by Crippen LogP contribution is 2.33. The summed E-state index contributed by atoms with van der Waals surface area (Å²) in [4.78, 5) is 12.2. The Morgan fingerprint density at radius 2 is 1.83 bits per heavy atom. The lowest BCUT2D eigenvalue weighted by molar-refractivity contribution is -0.154. The van der Waals surface area contributed by atoms with Gasteiger partial charge in [0.15, 0.2) is 6.10 Å². The summed E-state index contributed by atoms with van der Waals surface area (Å²) in [7, 11) is 4.60. The normalized spacial score (nSPS) is 18.0. The van der Waals surface area contributed by atoms with E-state index < -0.39 is 6.10 Å². The van der Waals surface area contributed by atoms with Crippen molar-refractivity contribution in [3.05, 3.63) is 24.3 Å². The van der Waals surface area contributed by atoms with E-state index in [2.05, 4.69) is 5.32 Å². The highest BCUT2D eigenvalue weighted by molar-refractivity contribution is 5.76. The molecule has 0 radical (unpaired) electrons. The summed E-state index contributed by atoms with van der Waals surface area (Å²) in [6.45, 7) is 0. The molecular weight excluding hydrogens is 294 g/mol. The summed E-state index contributed by atoms with van der Waals surface area (Å²) < 4.78 is 15.8. The molecule has 1 fully saturated rings. The smallest absolute Gasteiger partial charge is 0.337 e.